The molecule has 18 heavy (non-hydrogen) atoms. The van der Waals surface area contributed by atoms with Gasteiger partial charge in [0.05, 0.1) is 19.8 Å². The van der Waals surface area contributed by atoms with Crippen LogP contribution in [0.3, 0.4) is 0 Å². The van der Waals surface area contributed by atoms with Crippen LogP contribution in [0.1, 0.15) is 35.7 Å². The number of ether oxygens (including phenoxy) is 2. The van der Waals surface area contributed by atoms with E-state index in [9.17, 15) is 9.59 Å². The number of ketones is 1. The molecule has 0 heterocycles. The first-order valence-corrected chi connectivity index (χ1v) is 5.89. The second kappa shape index (κ2) is 6.79. The molecule has 0 fully saturated rings. The van der Waals surface area contributed by atoms with Gasteiger partial charge in [0.1, 0.15) is 5.75 Å². The molecule has 0 saturated carbocycles. The lowest BCUT2D eigenvalue weighted by Gasteiger charge is -2.09. The molecule has 4 heteroatoms. The molecule has 0 spiro atoms. The molecular formula is C14H18O4. The predicted octanol–water partition coefficient (Wildman–Crippen LogP) is 2.39. The smallest absolute Gasteiger partial charge is 0.305 e. The van der Waals surface area contributed by atoms with E-state index in [2.05, 4.69) is 4.74 Å². The molecule has 98 valence electrons. The molecule has 0 radical (unpaired) electrons. The van der Waals surface area contributed by atoms with Crippen molar-refractivity contribution in [2.75, 3.05) is 14.2 Å². The number of methoxy groups -OCH3 is 2. The minimum Gasteiger partial charge on any atom is -0.496 e. The molecule has 0 N–H and O–H groups in total. The molecule has 0 aliphatic heterocycles. The average molecular weight is 250 g/mol. The molecule has 0 bridgehead atoms. The van der Waals surface area contributed by atoms with E-state index < -0.39 is 0 Å². The highest BCUT2D eigenvalue weighted by Crippen LogP contribution is 2.22. The monoisotopic (exact) mass is 250 g/mol. The van der Waals surface area contributed by atoms with E-state index in [1.165, 1.54) is 14.2 Å². The van der Waals surface area contributed by atoms with Crippen molar-refractivity contribution in [3.8, 4) is 5.75 Å². The van der Waals surface area contributed by atoms with E-state index in [0.29, 0.717) is 30.6 Å². The van der Waals surface area contributed by atoms with Crippen molar-refractivity contribution in [2.45, 2.75) is 26.2 Å². The third kappa shape index (κ3) is 3.58. The number of esters is 1. The predicted molar refractivity (Wildman–Crippen MR) is 68.0 cm³/mol. The number of hydrogen-bond acceptors (Lipinski definition) is 4. The van der Waals surface area contributed by atoms with Gasteiger partial charge in [-0.2, -0.15) is 0 Å². The highest BCUT2D eigenvalue weighted by molar-refractivity contribution is 5.98. The second-order valence-corrected chi connectivity index (χ2v) is 3.89. The molecule has 0 aliphatic rings. The summed E-state index contributed by atoms with van der Waals surface area (Å²) in [5.41, 5.74) is 1.50. The molecule has 0 atom stereocenters. The van der Waals surface area contributed by atoms with Crippen molar-refractivity contribution in [1.82, 2.24) is 0 Å². The Labute approximate surface area is 107 Å². The quantitative estimate of drug-likeness (QED) is 0.574. The van der Waals surface area contributed by atoms with Gasteiger partial charge in [-0.1, -0.05) is 13.0 Å². The number of hydrogen-bond donors (Lipinski definition) is 0. The van der Waals surface area contributed by atoms with Crippen LogP contribution in [0.5, 0.6) is 5.75 Å². The molecule has 1 aromatic carbocycles. The number of aryl methyl sites for hydroxylation is 1. The van der Waals surface area contributed by atoms with E-state index >= 15 is 0 Å². The Morgan fingerprint density at radius 3 is 2.50 bits per heavy atom. The molecule has 0 amide bonds. The van der Waals surface area contributed by atoms with Gasteiger partial charge in [-0.25, -0.2) is 0 Å². The van der Waals surface area contributed by atoms with Crippen LogP contribution in [0.15, 0.2) is 18.2 Å². The molecule has 0 aromatic heterocycles. The van der Waals surface area contributed by atoms with Gasteiger partial charge in [-0.15, -0.1) is 0 Å². The topological polar surface area (TPSA) is 52.6 Å². The summed E-state index contributed by atoms with van der Waals surface area (Å²) >= 11 is 0. The first-order valence-electron chi connectivity index (χ1n) is 5.89. The van der Waals surface area contributed by atoms with Crippen LogP contribution in [0.2, 0.25) is 0 Å². The van der Waals surface area contributed by atoms with E-state index in [1.54, 1.807) is 12.1 Å². The number of Topliss-reactive ketones (excluding diaryl/α,β-unsaturated/α-hetero) is 1. The summed E-state index contributed by atoms with van der Waals surface area (Å²) in [6.07, 6.45) is 1.29. The lowest BCUT2D eigenvalue weighted by Crippen LogP contribution is -2.04. The number of rotatable bonds is 6. The fourth-order valence-corrected chi connectivity index (χ4v) is 1.67. The summed E-state index contributed by atoms with van der Waals surface area (Å²) in [6, 6.07) is 5.40. The molecule has 4 nitrogen and oxygen atoms in total. The van der Waals surface area contributed by atoms with Crippen molar-refractivity contribution >= 4 is 11.8 Å². The van der Waals surface area contributed by atoms with Crippen molar-refractivity contribution in [2.24, 2.45) is 0 Å². The third-order valence-electron chi connectivity index (χ3n) is 2.73. The minimum atomic E-state index is -0.255. The van der Waals surface area contributed by atoms with Gasteiger partial charge in [-0.3, -0.25) is 9.59 Å². The lowest BCUT2D eigenvalue weighted by atomic mass is 10.0. The van der Waals surface area contributed by atoms with Crippen LogP contribution in [0, 0.1) is 0 Å². The summed E-state index contributed by atoms with van der Waals surface area (Å²) < 4.78 is 9.74. The summed E-state index contributed by atoms with van der Waals surface area (Å²) in [5, 5.41) is 0. The van der Waals surface area contributed by atoms with Crippen LogP contribution in [0.25, 0.3) is 0 Å². The Kier molecular flexibility index (Phi) is 5.36. The van der Waals surface area contributed by atoms with Gasteiger partial charge in [0.2, 0.25) is 0 Å². The Balaban J connectivity index is 2.89. The number of benzene rings is 1. The fourth-order valence-electron chi connectivity index (χ4n) is 1.67. The van der Waals surface area contributed by atoms with Gasteiger partial charge in [0, 0.05) is 12.8 Å². The van der Waals surface area contributed by atoms with Crippen molar-refractivity contribution in [1.29, 1.82) is 0 Å². The lowest BCUT2D eigenvalue weighted by molar-refractivity contribution is -0.140. The first-order chi connectivity index (χ1) is 8.62. The van der Waals surface area contributed by atoms with Gasteiger partial charge >= 0.3 is 5.97 Å². The van der Waals surface area contributed by atoms with Crippen LogP contribution in [-0.4, -0.2) is 26.0 Å². The SMILES string of the molecule is CCC(=O)c1cc(CCC(=O)OC)ccc1OC. The van der Waals surface area contributed by atoms with Gasteiger partial charge in [0.15, 0.2) is 5.78 Å². The number of carbonyl (C=O) groups is 2. The van der Waals surface area contributed by atoms with Crippen LogP contribution in [-0.2, 0) is 16.0 Å². The summed E-state index contributed by atoms with van der Waals surface area (Å²) in [5.74, 6) is 0.352. The van der Waals surface area contributed by atoms with Gasteiger partial charge in [-0.05, 0) is 24.1 Å². The van der Waals surface area contributed by atoms with Crippen molar-refractivity contribution < 1.29 is 19.1 Å². The van der Waals surface area contributed by atoms with E-state index in [1.807, 2.05) is 13.0 Å². The largest absolute Gasteiger partial charge is 0.496 e. The Morgan fingerprint density at radius 1 is 1.22 bits per heavy atom. The second-order valence-electron chi connectivity index (χ2n) is 3.89. The minimum absolute atomic E-state index is 0.0340. The van der Waals surface area contributed by atoms with E-state index in [-0.39, 0.29) is 11.8 Å². The highest BCUT2D eigenvalue weighted by atomic mass is 16.5. The standard InChI is InChI=1S/C14H18O4/c1-4-12(15)11-9-10(5-7-13(11)17-2)6-8-14(16)18-3/h5,7,9H,4,6,8H2,1-3H3. The first kappa shape index (κ1) is 14.2. The zero-order valence-corrected chi connectivity index (χ0v) is 11.0. The van der Waals surface area contributed by atoms with Gasteiger partial charge < -0.3 is 9.47 Å². The number of carbonyl (C=O) groups excluding carboxylic acids is 2. The molecule has 0 aliphatic carbocycles. The maximum atomic E-state index is 11.8. The zero-order valence-electron chi connectivity index (χ0n) is 11.0. The fraction of sp³-hybridized carbons (Fsp3) is 0.429. The van der Waals surface area contributed by atoms with Crippen molar-refractivity contribution in [3.63, 3.8) is 0 Å². The maximum Gasteiger partial charge on any atom is 0.305 e. The summed E-state index contributed by atoms with van der Waals surface area (Å²) in [7, 11) is 2.90. The van der Waals surface area contributed by atoms with E-state index in [0.717, 1.165) is 5.56 Å². The Bertz CT molecular complexity index is 437. The van der Waals surface area contributed by atoms with Crippen LogP contribution in [0.4, 0.5) is 0 Å². The average Bonchev–Trinajstić information content (AvgIpc) is 2.43. The van der Waals surface area contributed by atoms with Gasteiger partial charge in [0.25, 0.3) is 0 Å². The highest BCUT2D eigenvalue weighted by Gasteiger charge is 2.12. The Hall–Kier alpha value is -1.84. The molecular weight excluding hydrogens is 232 g/mol. The summed E-state index contributed by atoms with van der Waals surface area (Å²) in [6.45, 7) is 1.81. The van der Waals surface area contributed by atoms with Crippen LogP contribution < -0.4 is 4.74 Å². The molecule has 0 unspecified atom stereocenters. The molecule has 0 saturated heterocycles. The van der Waals surface area contributed by atoms with Crippen LogP contribution >= 0.6 is 0 Å². The summed E-state index contributed by atoms with van der Waals surface area (Å²) in [4.78, 5) is 22.8. The van der Waals surface area contributed by atoms with E-state index in [4.69, 9.17) is 4.74 Å². The third-order valence-corrected chi connectivity index (χ3v) is 2.73. The zero-order chi connectivity index (χ0) is 13.5. The molecule has 1 rings (SSSR count). The Morgan fingerprint density at radius 2 is 1.94 bits per heavy atom. The van der Waals surface area contributed by atoms with Crippen molar-refractivity contribution in [3.05, 3.63) is 29.3 Å². The normalized spacial score (nSPS) is 9.94. The maximum absolute atomic E-state index is 11.8. The molecule has 1 aromatic rings.